The summed E-state index contributed by atoms with van der Waals surface area (Å²) in [5.74, 6) is 2.33. The van der Waals surface area contributed by atoms with E-state index in [4.69, 9.17) is 16.3 Å². The number of methoxy groups -OCH3 is 1. The lowest BCUT2D eigenvalue weighted by molar-refractivity contribution is 0.416. The van der Waals surface area contributed by atoms with Gasteiger partial charge in [0.15, 0.2) is 0 Å². The van der Waals surface area contributed by atoms with Crippen molar-refractivity contribution in [3.8, 4) is 17.0 Å². The summed E-state index contributed by atoms with van der Waals surface area (Å²) in [6, 6.07) is 5.54. The minimum atomic E-state index is 0.657. The minimum absolute atomic E-state index is 0.657. The Bertz CT molecular complexity index is 644. The number of anilines is 1. The fourth-order valence-corrected chi connectivity index (χ4v) is 2.34. The van der Waals surface area contributed by atoms with Gasteiger partial charge in [-0.15, -0.1) is 0 Å². The molecule has 21 heavy (non-hydrogen) atoms. The molecular formula is C16H20ClN3O. The Morgan fingerprint density at radius 2 is 2.00 bits per heavy atom. The maximum atomic E-state index is 6.12. The maximum absolute atomic E-state index is 6.12. The summed E-state index contributed by atoms with van der Waals surface area (Å²) < 4.78 is 5.43. The summed E-state index contributed by atoms with van der Waals surface area (Å²) in [7, 11) is 1.65. The molecule has 0 unspecified atom stereocenters. The molecule has 0 atom stereocenters. The molecule has 0 amide bonds. The van der Waals surface area contributed by atoms with Crippen LogP contribution in [0.3, 0.4) is 0 Å². The summed E-state index contributed by atoms with van der Waals surface area (Å²) in [5.41, 5.74) is 2.72. The number of hydrogen-bond acceptors (Lipinski definition) is 4. The van der Waals surface area contributed by atoms with Gasteiger partial charge in [-0.25, -0.2) is 9.97 Å². The molecule has 0 fully saturated rings. The standard InChI is InChI=1S/C16H20ClN3O/c1-5-8-18-16-10(2)15(19-11(3)20-16)13-9-12(17)6-7-14(13)21-4/h6-7,9H,5,8H2,1-4H3,(H,18,19,20). The number of aromatic nitrogens is 2. The first-order chi connectivity index (χ1) is 10.1. The van der Waals surface area contributed by atoms with Crippen molar-refractivity contribution in [1.29, 1.82) is 0 Å². The number of halogens is 1. The van der Waals surface area contributed by atoms with Crippen molar-refractivity contribution >= 4 is 17.4 Å². The molecule has 2 aromatic rings. The number of ether oxygens (including phenoxy) is 1. The Balaban J connectivity index is 2.58. The molecule has 4 nitrogen and oxygen atoms in total. The second kappa shape index (κ2) is 6.76. The van der Waals surface area contributed by atoms with E-state index >= 15 is 0 Å². The Morgan fingerprint density at radius 3 is 2.67 bits per heavy atom. The normalized spacial score (nSPS) is 10.5. The van der Waals surface area contributed by atoms with Crippen molar-refractivity contribution in [2.45, 2.75) is 27.2 Å². The molecule has 1 aromatic heterocycles. The van der Waals surface area contributed by atoms with Gasteiger partial charge in [0.1, 0.15) is 17.4 Å². The van der Waals surface area contributed by atoms with Crippen LogP contribution >= 0.6 is 11.6 Å². The summed E-state index contributed by atoms with van der Waals surface area (Å²) in [4.78, 5) is 9.05. The molecule has 1 N–H and O–H groups in total. The van der Waals surface area contributed by atoms with Crippen LogP contribution in [0, 0.1) is 13.8 Å². The fourth-order valence-electron chi connectivity index (χ4n) is 2.17. The molecule has 0 spiro atoms. The molecule has 112 valence electrons. The third-order valence-corrected chi connectivity index (χ3v) is 3.45. The van der Waals surface area contributed by atoms with Gasteiger partial charge in [-0.2, -0.15) is 0 Å². The van der Waals surface area contributed by atoms with E-state index in [0.717, 1.165) is 47.2 Å². The smallest absolute Gasteiger partial charge is 0.133 e. The van der Waals surface area contributed by atoms with Crippen LogP contribution in [-0.4, -0.2) is 23.6 Å². The molecule has 0 radical (unpaired) electrons. The van der Waals surface area contributed by atoms with E-state index in [9.17, 15) is 0 Å². The average Bonchev–Trinajstić information content (AvgIpc) is 2.47. The van der Waals surface area contributed by atoms with E-state index in [1.54, 1.807) is 7.11 Å². The number of nitrogens with zero attached hydrogens (tertiary/aromatic N) is 2. The highest BCUT2D eigenvalue weighted by Crippen LogP contribution is 2.34. The van der Waals surface area contributed by atoms with Crippen LogP contribution in [0.15, 0.2) is 18.2 Å². The van der Waals surface area contributed by atoms with Gasteiger partial charge >= 0.3 is 0 Å². The largest absolute Gasteiger partial charge is 0.496 e. The van der Waals surface area contributed by atoms with Gasteiger partial charge in [0.2, 0.25) is 0 Å². The molecule has 0 aliphatic rings. The SMILES string of the molecule is CCCNc1nc(C)nc(-c2cc(Cl)ccc2OC)c1C. The monoisotopic (exact) mass is 305 g/mol. The lowest BCUT2D eigenvalue weighted by Gasteiger charge is -2.15. The molecule has 1 aromatic carbocycles. The Hall–Kier alpha value is -1.81. The fraction of sp³-hybridized carbons (Fsp3) is 0.375. The third kappa shape index (κ3) is 3.45. The van der Waals surface area contributed by atoms with E-state index in [1.165, 1.54) is 0 Å². The first-order valence-electron chi connectivity index (χ1n) is 6.99. The summed E-state index contributed by atoms with van der Waals surface area (Å²) >= 11 is 6.12. The van der Waals surface area contributed by atoms with Crippen molar-refractivity contribution in [3.63, 3.8) is 0 Å². The zero-order valence-electron chi connectivity index (χ0n) is 12.8. The number of aryl methyl sites for hydroxylation is 1. The van der Waals surface area contributed by atoms with Crippen molar-refractivity contribution in [3.05, 3.63) is 34.6 Å². The van der Waals surface area contributed by atoms with Gasteiger partial charge in [0.05, 0.1) is 12.8 Å². The Labute approximate surface area is 130 Å². The van der Waals surface area contributed by atoms with Gasteiger partial charge in [0.25, 0.3) is 0 Å². The topological polar surface area (TPSA) is 47.0 Å². The summed E-state index contributed by atoms with van der Waals surface area (Å²) in [6.45, 7) is 6.89. The zero-order chi connectivity index (χ0) is 15.4. The van der Waals surface area contributed by atoms with Gasteiger partial charge in [-0.05, 0) is 38.5 Å². The van der Waals surface area contributed by atoms with Gasteiger partial charge in [0, 0.05) is 22.7 Å². The van der Waals surface area contributed by atoms with Crippen LogP contribution < -0.4 is 10.1 Å². The average molecular weight is 306 g/mol. The molecule has 2 rings (SSSR count). The van der Waals surface area contributed by atoms with E-state index in [0.29, 0.717) is 5.02 Å². The molecule has 5 heteroatoms. The Kier molecular flexibility index (Phi) is 5.02. The molecule has 0 saturated carbocycles. The van der Waals surface area contributed by atoms with Crippen molar-refractivity contribution in [2.75, 3.05) is 19.0 Å². The third-order valence-electron chi connectivity index (χ3n) is 3.22. The van der Waals surface area contributed by atoms with Gasteiger partial charge < -0.3 is 10.1 Å². The van der Waals surface area contributed by atoms with Crippen molar-refractivity contribution in [2.24, 2.45) is 0 Å². The number of hydrogen-bond donors (Lipinski definition) is 1. The second-order valence-electron chi connectivity index (χ2n) is 4.86. The maximum Gasteiger partial charge on any atom is 0.133 e. The van der Waals surface area contributed by atoms with Crippen LogP contribution in [-0.2, 0) is 0 Å². The molecule has 0 aliphatic carbocycles. The van der Waals surface area contributed by atoms with Gasteiger partial charge in [-0.3, -0.25) is 0 Å². The molecule has 1 heterocycles. The number of benzene rings is 1. The van der Waals surface area contributed by atoms with Crippen LogP contribution in [0.2, 0.25) is 5.02 Å². The second-order valence-corrected chi connectivity index (χ2v) is 5.30. The van der Waals surface area contributed by atoms with E-state index in [2.05, 4.69) is 22.2 Å². The highest BCUT2D eigenvalue weighted by molar-refractivity contribution is 6.31. The van der Waals surface area contributed by atoms with E-state index in [-0.39, 0.29) is 0 Å². The van der Waals surface area contributed by atoms with Crippen LogP contribution in [0.4, 0.5) is 5.82 Å². The van der Waals surface area contributed by atoms with Crippen LogP contribution in [0.5, 0.6) is 5.75 Å². The highest BCUT2D eigenvalue weighted by atomic mass is 35.5. The first kappa shape index (κ1) is 15.6. The molecular weight excluding hydrogens is 286 g/mol. The summed E-state index contributed by atoms with van der Waals surface area (Å²) in [6.07, 6.45) is 1.04. The Morgan fingerprint density at radius 1 is 1.24 bits per heavy atom. The van der Waals surface area contributed by atoms with Crippen molar-refractivity contribution < 1.29 is 4.74 Å². The lowest BCUT2D eigenvalue weighted by Crippen LogP contribution is -2.07. The molecule has 0 aliphatic heterocycles. The predicted octanol–water partition coefficient (Wildman–Crippen LogP) is 4.24. The minimum Gasteiger partial charge on any atom is -0.496 e. The lowest BCUT2D eigenvalue weighted by atomic mass is 10.1. The van der Waals surface area contributed by atoms with Crippen LogP contribution in [0.25, 0.3) is 11.3 Å². The first-order valence-corrected chi connectivity index (χ1v) is 7.37. The molecule has 0 saturated heterocycles. The summed E-state index contributed by atoms with van der Waals surface area (Å²) in [5, 5.41) is 4.00. The van der Waals surface area contributed by atoms with Crippen molar-refractivity contribution in [1.82, 2.24) is 9.97 Å². The van der Waals surface area contributed by atoms with E-state index < -0.39 is 0 Å². The van der Waals surface area contributed by atoms with Gasteiger partial charge in [-0.1, -0.05) is 18.5 Å². The quantitative estimate of drug-likeness (QED) is 0.897. The zero-order valence-corrected chi connectivity index (χ0v) is 13.6. The van der Waals surface area contributed by atoms with E-state index in [1.807, 2.05) is 32.0 Å². The predicted molar refractivity (Wildman–Crippen MR) is 87.3 cm³/mol. The highest BCUT2D eigenvalue weighted by Gasteiger charge is 2.15. The molecule has 0 bridgehead atoms. The van der Waals surface area contributed by atoms with Crippen LogP contribution in [0.1, 0.15) is 24.7 Å². The number of nitrogens with one attached hydrogen (secondary N) is 1. The number of rotatable bonds is 5.